The standard InChI is InChI=1S/C14H18F3N3O3/c1-10-8-22-6-5-20(10)13(21)19-7-11-3-2-4-18-12(11)23-9-14(15,16)17/h2-4,10H,5-9H2,1H3,(H,19,21)/t10-/m1/s1. The summed E-state index contributed by atoms with van der Waals surface area (Å²) in [7, 11) is 0. The van der Waals surface area contributed by atoms with Crippen LogP contribution in [0.4, 0.5) is 18.0 Å². The van der Waals surface area contributed by atoms with Gasteiger partial charge < -0.3 is 19.7 Å². The SMILES string of the molecule is C[C@@H]1COCCN1C(=O)NCc1cccnc1OCC(F)(F)F. The van der Waals surface area contributed by atoms with Crippen molar-refractivity contribution in [3.63, 3.8) is 0 Å². The first kappa shape index (κ1) is 17.3. The van der Waals surface area contributed by atoms with Crippen LogP contribution in [0.3, 0.4) is 0 Å². The van der Waals surface area contributed by atoms with E-state index in [4.69, 9.17) is 4.74 Å². The molecule has 0 saturated carbocycles. The fourth-order valence-corrected chi connectivity index (χ4v) is 2.14. The zero-order chi connectivity index (χ0) is 16.9. The number of nitrogens with zero attached hydrogens (tertiary/aromatic N) is 2. The van der Waals surface area contributed by atoms with Gasteiger partial charge in [0.2, 0.25) is 5.88 Å². The third-order valence-corrected chi connectivity index (χ3v) is 3.28. The van der Waals surface area contributed by atoms with Gasteiger partial charge in [-0.25, -0.2) is 9.78 Å². The largest absolute Gasteiger partial charge is 0.468 e. The number of pyridine rings is 1. The first-order chi connectivity index (χ1) is 10.9. The van der Waals surface area contributed by atoms with E-state index in [1.54, 1.807) is 17.0 Å². The van der Waals surface area contributed by atoms with Crippen molar-refractivity contribution in [2.24, 2.45) is 0 Å². The molecule has 1 saturated heterocycles. The van der Waals surface area contributed by atoms with Crippen LogP contribution in [0.2, 0.25) is 0 Å². The lowest BCUT2D eigenvalue weighted by atomic mass is 10.2. The average Bonchev–Trinajstić information content (AvgIpc) is 2.51. The van der Waals surface area contributed by atoms with Gasteiger partial charge in [-0.15, -0.1) is 0 Å². The van der Waals surface area contributed by atoms with Gasteiger partial charge in [0.25, 0.3) is 0 Å². The number of morpholine rings is 1. The summed E-state index contributed by atoms with van der Waals surface area (Å²) in [6, 6.07) is 2.77. The minimum atomic E-state index is -4.44. The molecule has 1 atom stereocenters. The number of urea groups is 1. The molecule has 1 fully saturated rings. The number of hydrogen-bond acceptors (Lipinski definition) is 4. The van der Waals surface area contributed by atoms with Crippen LogP contribution in [0.25, 0.3) is 0 Å². The van der Waals surface area contributed by atoms with E-state index >= 15 is 0 Å². The summed E-state index contributed by atoms with van der Waals surface area (Å²) in [6.45, 7) is 1.86. The van der Waals surface area contributed by atoms with E-state index in [1.807, 2.05) is 6.92 Å². The van der Waals surface area contributed by atoms with Gasteiger partial charge in [0.15, 0.2) is 6.61 Å². The van der Waals surface area contributed by atoms with Crippen LogP contribution in [-0.2, 0) is 11.3 Å². The number of halogens is 3. The third kappa shape index (κ3) is 5.27. The second-order valence-electron chi connectivity index (χ2n) is 5.15. The number of aromatic nitrogens is 1. The molecule has 128 valence electrons. The Balaban J connectivity index is 1.93. The average molecular weight is 333 g/mol. The maximum Gasteiger partial charge on any atom is 0.422 e. The molecule has 1 N–H and O–H groups in total. The van der Waals surface area contributed by atoms with Crippen LogP contribution in [0.15, 0.2) is 18.3 Å². The molecule has 2 rings (SSSR count). The summed E-state index contributed by atoms with van der Waals surface area (Å²) in [5, 5.41) is 2.67. The minimum absolute atomic E-state index is 0.0317. The molecule has 23 heavy (non-hydrogen) atoms. The van der Waals surface area contributed by atoms with E-state index in [9.17, 15) is 18.0 Å². The molecule has 0 aliphatic carbocycles. The Morgan fingerprint density at radius 3 is 3.04 bits per heavy atom. The summed E-state index contributed by atoms with van der Waals surface area (Å²) in [5.74, 6) is -0.139. The molecule has 1 aliphatic heterocycles. The Labute approximate surface area is 131 Å². The van der Waals surface area contributed by atoms with Crippen molar-refractivity contribution < 1.29 is 27.4 Å². The zero-order valence-electron chi connectivity index (χ0n) is 12.6. The molecule has 1 aliphatic rings. The van der Waals surface area contributed by atoms with E-state index in [2.05, 4.69) is 15.0 Å². The summed E-state index contributed by atoms with van der Waals surface area (Å²) in [5.41, 5.74) is 0.381. The van der Waals surface area contributed by atoms with Crippen molar-refractivity contribution in [3.05, 3.63) is 23.9 Å². The van der Waals surface area contributed by atoms with Gasteiger partial charge in [0, 0.05) is 24.8 Å². The number of carbonyl (C=O) groups excluding carboxylic acids is 1. The van der Waals surface area contributed by atoms with Crippen LogP contribution in [-0.4, -0.2) is 54.5 Å². The second kappa shape index (κ2) is 7.49. The molecule has 1 aromatic heterocycles. The lowest BCUT2D eigenvalue weighted by Crippen LogP contribution is -2.51. The van der Waals surface area contributed by atoms with Gasteiger partial charge in [-0.2, -0.15) is 13.2 Å². The van der Waals surface area contributed by atoms with Crippen molar-refractivity contribution >= 4 is 6.03 Å². The molecule has 0 unspecified atom stereocenters. The summed E-state index contributed by atoms with van der Waals surface area (Å²) in [6.07, 6.45) is -3.11. The van der Waals surface area contributed by atoms with E-state index in [1.165, 1.54) is 6.20 Å². The normalized spacial score (nSPS) is 18.6. The molecule has 2 heterocycles. The van der Waals surface area contributed by atoms with E-state index in [-0.39, 0.29) is 24.5 Å². The highest BCUT2D eigenvalue weighted by molar-refractivity contribution is 5.74. The lowest BCUT2D eigenvalue weighted by Gasteiger charge is -2.33. The van der Waals surface area contributed by atoms with Gasteiger partial charge >= 0.3 is 12.2 Å². The second-order valence-corrected chi connectivity index (χ2v) is 5.15. The van der Waals surface area contributed by atoms with Gasteiger partial charge in [0.1, 0.15) is 0 Å². The van der Waals surface area contributed by atoms with Gasteiger partial charge in [-0.05, 0) is 13.0 Å². The Kier molecular flexibility index (Phi) is 5.64. The van der Waals surface area contributed by atoms with Crippen molar-refractivity contribution in [1.82, 2.24) is 15.2 Å². The van der Waals surface area contributed by atoms with Crippen LogP contribution in [0.1, 0.15) is 12.5 Å². The van der Waals surface area contributed by atoms with E-state index in [0.717, 1.165) is 0 Å². The lowest BCUT2D eigenvalue weighted by molar-refractivity contribution is -0.154. The molecular weight excluding hydrogens is 315 g/mol. The predicted molar refractivity (Wildman–Crippen MR) is 75.0 cm³/mol. The van der Waals surface area contributed by atoms with E-state index in [0.29, 0.717) is 25.3 Å². The monoisotopic (exact) mass is 333 g/mol. The molecular formula is C14H18F3N3O3. The van der Waals surface area contributed by atoms with Gasteiger partial charge in [-0.1, -0.05) is 6.07 Å². The molecule has 0 aromatic carbocycles. The highest BCUT2D eigenvalue weighted by Gasteiger charge is 2.29. The molecule has 6 nitrogen and oxygen atoms in total. The quantitative estimate of drug-likeness (QED) is 0.915. The summed E-state index contributed by atoms with van der Waals surface area (Å²) in [4.78, 5) is 17.5. The van der Waals surface area contributed by atoms with Crippen LogP contribution in [0.5, 0.6) is 5.88 Å². The number of hydrogen-bond donors (Lipinski definition) is 1. The molecule has 0 bridgehead atoms. The Morgan fingerprint density at radius 2 is 2.35 bits per heavy atom. The molecule has 1 aromatic rings. The van der Waals surface area contributed by atoms with Gasteiger partial charge in [-0.3, -0.25) is 0 Å². The molecule has 0 radical (unpaired) electrons. The number of rotatable bonds is 4. The fourth-order valence-electron chi connectivity index (χ4n) is 2.14. The molecule has 9 heteroatoms. The van der Waals surface area contributed by atoms with Crippen molar-refractivity contribution in [3.8, 4) is 5.88 Å². The number of carbonyl (C=O) groups is 1. The highest BCUT2D eigenvalue weighted by Crippen LogP contribution is 2.20. The van der Waals surface area contributed by atoms with E-state index < -0.39 is 12.8 Å². The molecule has 2 amide bonds. The van der Waals surface area contributed by atoms with Crippen molar-refractivity contribution in [2.75, 3.05) is 26.4 Å². The maximum atomic E-state index is 12.2. The Morgan fingerprint density at radius 1 is 1.57 bits per heavy atom. The number of nitrogens with one attached hydrogen (secondary N) is 1. The minimum Gasteiger partial charge on any atom is -0.468 e. The highest BCUT2D eigenvalue weighted by atomic mass is 19.4. The smallest absolute Gasteiger partial charge is 0.422 e. The Hall–Kier alpha value is -2.03. The zero-order valence-corrected chi connectivity index (χ0v) is 12.6. The van der Waals surface area contributed by atoms with Crippen LogP contribution >= 0.6 is 0 Å². The Bertz CT molecular complexity index is 539. The van der Waals surface area contributed by atoms with Crippen LogP contribution in [0, 0.1) is 0 Å². The first-order valence-corrected chi connectivity index (χ1v) is 7.12. The number of amides is 2. The first-order valence-electron chi connectivity index (χ1n) is 7.12. The summed E-state index contributed by atoms with van der Waals surface area (Å²) < 4.78 is 46.6. The topological polar surface area (TPSA) is 63.7 Å². The maximum absolute atomic E-state index is 12.2. The molecule has 0 spiro atoms. The van der Waals surface area contributed by atoms with Gasteiger partial charge in [0.05, 0.1) is 19.3 Å². The number of ether oxygens (including phenoxy) is 2. The van der Waals surface area contributed by atoms with Crippen molar-refractivity contribution in [2.45, 2.75) is 25.7 Å². The van der Waals surface area contributed by atoms with Crippen LogP contribution < -0.4 is 10.1 Å². The number of alkyl halides is 3. The summed E-state index contributed by atoms with van der Waals surface area (Å²) >= 11 is 0. The fraction of sp³-hybridized carbons (Fsp3) is 0.571. The van der Waals surface area contributed by atoms with Crippen molar-refractivity contribution in [1.29, 1.82) is 0 Å². The third-order valence-electron chi connectivity index (χ3n) is 3.28. The predicted octanol–water partition coefficient (Wildman–Crippen LogP) is 1.95.